The van der Waals surface area contributed by atoms with E-state index in [0.29, 0.717) is 16.1 Å². The van der Waals surface area contributed by atoms with E-state index < -0.39 is 6.10 Å². The van der Waals surface area contributed by atoms with Crippen molar-refractivity contribution >= 4 is 29.3 Å². The molecule has 1 atom stereocenters. The van der Waals surface area contributed by atoms with Crippen LogP contribution in [0.3, 0.4) is 0 Å². The first kappa shape index (κ1) is 13.1. The monoisotopic (exact) mass is 280 g/mol. The molecule has 4 heteroatoms. The van der Waals surface area contributed by atoms with Crippen LogP contribution in [0.25, 0.3) is 0 Å². The Morgan fingerprint density at radius 2 is 1.61 bits per heavy atom. The molecule has 0 saturated heterocycles. The predicted octanol–water partition coefficient (Wildman–Crippen LogP) is 4.43. The molecule has 0 radical (unpaired) electrons. The molecule has 2 nitrogen and oxygen atoms in total. The van der Waals surface area contributed by atoms with Crippen LogP contribution in [0.2, 0.25) is 5.02 Å². The maximum absolute atomic E-state index is 12.3. The zero-order chi connectivity index (χ0) is 13.0. The molecule has 0 spiro atoms. The summed E-state index contributed by atoms with van der Waals surface area (Å²) in [6.07, 6.45) is -0.854. The molecule has 0 amide bonds. The van der Waals surface area contributed by atoms with Gasteiger partial charge in [0.05, 0.1) is 16.9 Å². The Morgan fingerprint density at radius 3 is 2.22 bits per heavy atom. The van der Waals surface area contributed by atoms with E-state index in [2.05, 4.69) is 0 Å². The number of carbonyl (C=O) groups excluding carboxylic acids is 1. The number of carbonyl (C=O) groups is 1. The van der Waals surface area contributed by atoms with Crippen LogP contribution >= 0.6 is 23.5 Å². The fraction of sp³-hybridized carbons (Fsp3) is 0.0714. The van der Waals surface area contributed by atoms with Gasteiger partial charge in [-0.2, -0.15) is 0 Å². The molecular weight excluding hydrogens is 271 g/mol. The second-order valence-corrected chi connectivity index (χ2v) is 4.31. The van der Waals surface area contributed by atoms with Crippen LogP contribution in [0.15, 0.2) is 54.6 Å². The fourth-order valence-corrected chi connectivity index (χ4v) is 2.09. The summed E-state index contributed by atoms with van der Waals surface area (Å²) in [5.74, 6) is -0.262. The second kappa shape index (κ2) is 6.01. The van der Waals surface area contributed by atoms with Crippen LogP contribution < -0.4 is 0 Å². The van der Waals surface area contributed by atoms with Crippen LogP contribution in [-0.2, 0) is 4.29 Å². The lowest BCUT2D eigenvalue weighted by atomic mass is 10.00. The molecule has 0 N–H and O–H groups in total. The van der Waals surface area contributed by atoms with E-state index in [4.69, 9.17) is 27.8 Å². The second-order valence-electron chi connectivity index (χ2n) is 3.72. The van der Waals surface area contributed by atoms with Crippen LogP contribution in [0, 0.1) is 0 Å². The van der Waals surface area contributed by atoms with E-state index in [0.717, 1.165) is 0 Å². The summed E-state index contributed by atoms with van der Waals surface area (Å²) < 4.78 is 4.77. The minimum atomic E-state index is -0.854. The van der Waals surface area contributed by atoms with Gasteiger partial charge in [0.2, 0.25) is 0 Å². The molecule has 2 aromatic carbocycles. The van der Waals surface area contributed by atoms with Gasteiger partial charge in [-0.05, 0) is 17.7 Å². The third kappa shape index (κ3) is 2.72. The molecule has 18 heavy (non-hydrogen) atoms. The molecule has 2 rings (SSSR count). The van der Waals surface area contributed by atoms with Gasteiger partial charge >= 0.3 is 0 Å². The summed E-state index contributed by atoms with van der Waals surface area (Å²) in [6.45, 7) is 0. The number of rotatable bonds is 4. The molecule has 0 aliphatic rings. The molecule has 0 aromatic heterocycles. The van der Waals surface area contributed by atoms with Gasteiger partial charge in [0.25, 0.3) is 0 Å². The maximum atomic E-state index is 12.3. The van der Waals surface area contributed by atoms with Crippen LogP contribution in [0.4, 0.5) is 0 Å². The van der Waals surface area contributed by atoms with Gasteiger partial charge in [-0.1, -0.05) is 54.1 Å². The van der Waals surface area contributed by atoms with E-state index in [-0.39, 0.29) is 5.78 Å². The summed E-state index contributed by atoms with van der Waals surface area (Å²) in [5.41, 5.74) is 1.09. The topological polar surface area (TPSA) is 26.3 Å². The Balaban J connectivity index is 2.35. The van der Waals surface area contributed by atoms with Crippen molar-refractivity contribution in [2.45, 2.75) is 6.10 Å². The summed E-state index contributed by atoms with van der Waals surface area (Å²) >= 11 is 11.4. The lowest BCUT2D eigenvalue weighted by Gasteiger charge is -2.13. The van der Waals surface area contributed by atoms with E-state index in [1.54, 1.807) is 36.4 Å². The van der Waals surface area contributed by atoms with Gasteiger partial charge in [-0.3, -0.25) is 9.08 Å². The first-order valence-electron chi connectivity index (χ1n) is 5.35. The summed E-state index contributed by atoms with van der Waals surface area (Å²) in [4.78, 5) is 12.3. The van der Waals surface area contributed by atoms with Crippen molar-refractivity contribution in [3.05, 3.63) is 70.7 Å². The number of hydrogen-bond donors (Lipinski definition) is 0. The molecule has 1 unspecified atom stereocenters. The molecule has 0 heterocycles. The molecule has 92 valence electrons. The molecule has 2 aromatic rings. The van der Waals surface area contributed by atoms with Crippen LogP contribution in [-0.4, -0.2) is 5.78 Å². The quantitative estimate of drug-likeness (QED) is 0.775. The Labute approximate surface area is 115 Å². The van der Waals surface area contributed by atoms with E-state index in [9.17, 15) is 4.79 Å². The van der Waals surface area contributed by atoms with Crippen molar-refractivity contribution in [3.8, 4) is 0 Å². The molecule has 0 bridgehead atoms. The normalized spacial score (nSPS) is 12.1. The van der Waals surface area contributed by atoms with Crippen molar-refractivity contribution in [1.82, 2.24) is 0 Å². The van der Waals surface area contributed by atoms with Gasteiger partial charge in [-0.15, -0.1) is 0 Å². The number of halogens is 2. The molecule has 0 aliphatic carbocycles. The van der Waals surface area contributed by atoms with Crippen molar-refractivity contribution in [3.63, 3.8) is 0 Å². The summed E-state index contributed by atoms with van der Waals surface area (Å²) in [5, 5.41) is 0.386. The zero-order valence-electron chi connectivity index (χ0n) is 9.35. The van der Waals surface area contributed by atoms with E-state index >= 15 is 0 Å². The Hall–Kier alpha value is -1.35. The lowest BCUT2D eigenvalue weighted by Crippen LogP contribution is -2.13. The van der Waals surface area contributed by atoms with Crippen molar-refractivity contribution in [2.24, 2.45) is 0 Å². The van der Waals surface area contributed by atoms with E-state index in [1.165, 1.54) is 0 Å². The zero-order valence-corrected chi connectivity index (χ0v) is 10.9. The Morgan fingerprint density at radius 1 is 1.00 bits per heavy atom. The highest BCUT2D eigenvalue weighted by molar-refractivity contribution is 6.34. The first-order valence-corrected chi connectivity index (χ1v) is 6.04. The number of ketones is 1. The molecule has 0 fully saturated rings. The molecule has 0 saturated carbocycles. The minimum absolute atomic E-state index is 0.262. The SMILES string of the molecule is O=C(c1ccccc1Cl)C(OCl)c1ccccc1. The average molecular weight is 281 g/mol. The van der Waals surface area contributed by atoms with E-state index in [1.807, 2.05) is 18.2 Å². The maximum Gasteiger partial charge on any atom is 0.199 e. The highest BCUT2D eigenvalue weighted by Gasteiger charge is 2.24. The Bertz CT molecular complexity index is 541. The number of Topliss-reactive ketones (excluding diaryl/α,β-unsaturated/α-hetero) is 1. The third-order valence-corrected chi connectivity index (χ3v) is 3.08. The van der Waals surface area contributed by atoms with Gasteiger partial charge in [0, 0.05) is 5.56 Å². The van der Waals surface area contributed by atoms with Crippen LogP contribution in [0.1, 0.15) is 22.0 Å². The van der Waals surface area contributed by atoms with Crippen molar-refractivity contribution in [1.29, 1.82) is 0 Å². The third-order valence-electron chi connectivity index (χ3n) is 2.57. The fourth-order valence-electron chi connectivity index (χ4n) is 1.67. The number of benzene rings is 2. The summed E-state index contributed by atoms with van der Waals surface area (Å²) in [7, 11) is 0. The Kier molecular flexibility index (Phi) is 4.37. The minimum Gasteiger partial charge on any atom is -0.291 e. The lowest BCUT2D eigenvalue weighted by molar-refractivity contribution is 0.0809. The first-order chi connectivity index (χ1) is 8.74. The standard InChI is InChI=1S/C14H10Cl2O2/c15-12-9-5-4-8-11(12)13(17)14(18-16)10-6-2-1-3-7-10/h1-9,14H. The van der Waals surface area contributed by atoms with Gasteiger partial charge < -0.3 is 0 Å². The summed E-state index contributed by atoms with van der Waals surface area (Å²) in [6, 6.07) is 15.9. The van der Waals surface area contributed by atoms with Gasteiger partial charge in [0.1, 0.15) is 0 Å². The number of hydrogen-bond acceptors (Lipinski definition) is 2. The van der Waals surface area contributed by atoms with Crippen molar-refractivity contribution in [2.75, 3.05) is 0 Å². The molecular formula is C14H10Cl2O2. The van der Waals surface area contributed by atoms with Crippen LogP contribution in [0.5, 0.6) is 0 Å². The largest absolute Gasteiger partial charge is 0.291 e. The average Bonchev–Trinajstić information content (AvgIpc) is 2.41. The highest BCUT2D eigenvalue weighted by atomic mass is 35.5. The van der Waals surface area contributed by atoms with Gasteiger partial charge in [-0.25, -0.2) is 0 Å². The van der Waals surface area contributed by atoms with Crippen molar-refractivity contribution < 1.29 is 9.08 Å². The predicted molar refractivity (Wildman–Crippen MR) is 71.9 cm³/mol. The van der Waals surface area contributed by atoms with Gasteiger partial charge in [0.15, 0.2) is 11.9 Å². The molecule has 0 aliphatic heterocycles. The highest BCUT2D eigenvalue weighted by Crippen LogP contribution is 2.27. The smallest absolute Gasteiger partial charge is 0.199 e.